The molecule has 2 nitrogen and oxygen atoms in total. The van der Waals surface area contributed by atoms with Crippen LogP contribution in [0.3, 0.4) is 0 Å². The molecule has 0 aliphatic heterocycles. The second-order valence-corrected chi connectivity index (χ2v) is 2.90. The Morgan fingerprint density at radius 3 is 2.62 bits per heavy atom. The molecule has 1 heterocycles. The van der Waals surface area contributed by atoms with Crippen LogP contribution < -0.4 is 0 Å². The second-order valence-electron chi connectivity index (χ2n) is 2.11. The molecule has 6 heteroatoms. The van der Waals surface area contributed by atoms with Crippen LogP contribution in [0.25, 0.3) is 0 Å². The van der Waals surface area contributed by atoms with Crippen LogP contribution in [0.4, 0.5) is 13.2 Å². The number of halogens is 4. The predicted octanol–water partition coefficient (Wildman–Crippen LogP) is 2.79. The molecule has 0 N–H and O–H groups in total. The van der Waals surface area contributed by atoms with E-state index in [1.54, 1.807) is 0 Å². The van der Waals surface area contributed by atoms with Gasteiger partial charge >= 0.3 is 0 Å². The van der Waals surface area contributed by atoms with Gasteiger partial charge in [0.05, 0.1) is 4.47 Å². The van der Waals surface area contributed by atoms with Gasteiger partial charge in [-0.05, 0) is 15.9 Å². The third-order valence-electron chi connectivity index (χ3n) is 1.30. The van der Waals surface area contributed by atoms with E-state index in [0.29, 0.717) is 6.07 Å². The van der Waals surface area contributed by atoms with E-state index in [1.807, 2.05) is 0 Å². The van der Waals surface area contributed by atoms with Crippen molar-refractivity contribution in [3.8, 4) is 6.07 Å². The highest BCUT2D eigenvalue weighted by atomic mass is 79.9. The molecule has 1 aromatic rings. The summed E-state index contributed by atoms with van der Waals surface area (Å²) < 4.78 is 36.8. The van der Waals surface area contributed by atoms with Crippen LogP contribution in [-0.4, -0.2) is 4.98 Å². The lowest BCUT2D eigenvalue weighted by atomic mass is 10.2. The molecule has 0 fully saturated rings. The van der Waals surface area contributed by atoms with Crippen LogP contribution >= 0.6 is 15.9 Å². The highest BCUT2D eigenvalue weighted by molar-refractivity contribution is 9.10. The van der Waals surface area contributed by atoms with Gasteiger partial charge in [0, 0.05) is 11.6 Å². The van der Waals surface area contributed by atoms with E-state index < -0.39 is 17.9 Å². The summed E-state index contributed by atoms with van der Waals surface area (Å²) >= 11 is 2.74. The van der Waals surface area contributed by atoms with E-state index in [4.69, 9.17) is 5.26 Å². The largest absolute Gasteiger partial charge is 0.265 e. The Morgan fingerprint density at radius 2 is 2.15 bits per heavy atom. The maximum atomic E-state index is 12.5. The molecule has 0 bridgehead atoms. The minimum atomic E-state index is -2.83. The first-order chi connectivity index (χ1) is 6.06. The standard InChI is InChI=1S/C7H2BrF3N2/c8-6-3(7(10)11)1-5(9)13-4(6)2-12/h1,7H. The Kier molecular flexibility index (Phi) is 2.88. The number of hydrogen-bond donors (Lipinski definition) is 0. The fraction of sp³-hybridized carbons (Fsp3) is 0.143. The first-order valence-corrected chi connectivity index (χ1v) is 3.89. The summed E-state index contributed by atoms with van der Waals surface area (Å²) in [6.45, 7) is 0. The number of hydrogen-bond acceptors (Lipinski definition) is 2. The summed E-state index contributed by atoms with van der Waals surface area (Å²) in [6.07, 6.45) is -2.83. The van der Waals surface area contributed by atoms with E-state index >= 15 is 0 Å². The quantitative estimate of drug-likeness (QED) is 0.719. The first-order valence-electron chi connectivity index (χ1n) is 3.10. The number of nitrogens with zero attached hydrogens (tertiary/aromatic N) is 2. The van der Waals surface area contributed by atoms with Crippen molar-refractivity contribution >= 4 is 15.9 Å². The van der Waals surface area contributed by atoms with Crippen LogP contribution in [0, 0.1) is 17.3 Å². The van der Waals surface area contributed by atoms with Gasteiger partial charge in [0.15, 0.2) is 5.69 Å². The molecular formula is C7H2BrF3N2. The zero-order chi connectivity index (χ0) is 10.0. The summed E-state index contributed by atoms with van der Waals surface area (Å²) in [6, 6.07) is 2.09. The number of alkyl halides is 2. The molecule has 68 valence electrons. The topological polar surface area (TPSA) is 36.7 Å². The Morgan fingerprint density at radius 1 is 1.54 bits per heavy atom. The third-order valence-corrected chi connectivity index (χ3v) is 2.13. The molecule has 0 spiro atoms. The van der Waals surface area contributed by atoms with Gasteiger partial charge in [-0.25, -0.2) is 13.8 Å². The van der Waals surface area contributed by atoms with Gasteiger partial charge in [0.1, 0.15) is 6.07 Å². The van der Waals surface area contributed by atoms with Crippen molar-refractivity contribution in [1.82, 2.24) is 4.98 Å². The average molecular weight is 251 g/mol. The second kappa shape index (κ2) is 3.75. The summed E-state index contributed by atoms with van der Waals surface area (Å²) in [5, 5.41) is 8.40. The van der Waals surface area contributed by atoms with Crippen LogP contribution in [0.1, 0.15) is 17.7 Å². The Bertz CT molecular complexity index is 373. The molecule has 0 aliphatic rings. The Labute approximate surface area is 80.1 Å². The lowest BCUT2D eigenvalue weighted by molar-refractivity contribution is 0.149. The van der Waals surface area contributed by atoms with Crippen molar-refractivity contribution in [2.45, 2.75) is 6.43 Å². The van der Waals surface area contributed by atoms with Gasteiger partial charge < -0.3 is 0 Å². The lowest BCUT2D eigenvalue weighted by Gasteiger charge is -2.03. The van der Waals surface area contributed by atoms with Crippen LogP contribution in [0.2, 0.25) is 0 Å². The fourth-order valence-electron chi connectivity index (χ4n) is 0.749. The fourth-order valence-corrected chi connectivity index (χ4v) is 1.21. The van der Waals surface area contributed by atoms with E-state index in [2.05, 4.69) is 20.9 Å². The lowest BCUT2D eigenvalue weighted by Crippen LogP contribution is -1.96. The molecule has 0 saturated heterocycles. The number of aromatic nitrogens is 1. The zero-order valence-corrected chi connectivity index (χ0v) is 7.65. The van der Waals surface area contributed by atoms with Crippen molar-refractivity contribution in [3.05, 3.63) is 27.7 Å². The molecule has 1 rings (SSSR count). The molecule has 0 atom stereocenters. The summed E-state index contributed by atoms with van der Waals surface area (Å²) in [7, 11) is 0. The van der Waals surface area contributed by atoms with Gasteiger partial charge in [-0.1, -0.05) is 0 Å². The highest BCUT2D eigenvalue weighted by Crippen LogP contribution is 2.29. The van der Waals surface area contributed by atoms with Gasteiger partial charge in [-0.3, -0.25) is 0 Å². The molecule has 0 aromatic carbocycles. The van der Waals surface area contributed by atoms with Gasteiger partial charge in [0.2, 0.25) is 5.95 Å². The van der Waals surface area contributed by atoms with Crippen LogP contribution in [0.15, 0.2) is 10.5 Å². The smallest absolute Gasteiger partial charge is 0.208 e. The minimum Gasteiger partial charge on any atom is -0.208 e. The normalized spacial score (nSPS) is 10.2. The predicted molar refractivity (Wildman–Crippen MR) is 41.6 cm³/mol. The third kappa shape index (κ3) is 1.98. The first kappa shape index (κ1) is 9.99. The molecule has 13 heavy (non-hydrogen) atoms. The summed E-state index contributed by atoms with van der Waals surface area (Å²) in [5.74, 6) is -1.09. The summed E-state index contributed by atoms with van der Waals surface area (Å²) in [4.78, 5) is 3.13. The Hall–Kier alpha value is -1.09. The van der Waals surface area contributed by atoms with Gasteiger partial charge in [-0.2, -0.15) is 9.65 Å². The van der Waals surface area contributed by atoms with Crippen molar-refractivity contribution in [2.75, 3.05) is 0 Å². The highest BCUT2D eigenvalue weighted by Gasteiger charge is 2.17. The summed E-state index contributed by atoms with van der Waals surface area (Å²) in [5.41, 5.74) is -0.945. The monoisotopic (exact) mass is 250 g/mol. The zero-order valence-electron chi connectivity index (χ0n) is 6.06. The van der Waals surface area contributed by atoms with E-state index in [0.717, 1.165) is 0 Å². The van der Waals surface area contributed by atoms with E-state index in [-0.39, 0.29) is 10.2 Å². The van der Waals surface area contributed by atoms with Crippen LogP contribution in [0.5, 0.6) is 0 Å². The Balaban J connectivity index is 3.38. The van der Waals surface area contributed by atoms with E-state index in [9.17, 15) is 13.2 Å². The number of pyridine rings is 1. The SMILES string of the molecule is N#Cc1nc(F)cc(C(F)F)c1Br. The molecule has 0 radical (unpaired) electrons. The van der Waals surface area contributed by atoms with Crippen molar-refractivity contribution in [3.63, 3.8) is 0 Å². The maximum absolute atomic E-state index is 12.5. The van der Waals surface area contributed by atoms with Gasteiger partial charge in [-0.15, -0.1) is 0 Å². The molecule has 0 aliphatic carbocycles. The molecule has 0 amide bonds. The molecule has 0 saturated carbocycles. The van der Waals surface area contributed by atoms with Crippen molar-refractivity contribution in [2.24, 2.45) is 0 Å². The molecular weight excluding hydrogens is 249 g/mol. The van der Waals surface area contributed by atoms with Crippen LogP contribution in [-0.2, 0) is 0 Å². The van der Waals surface area contributed by atoms with Crippen molar-refractivity contribution in [1.29, 1.82) is 5.26 Å². The maximum Gasteiger partial charge on any atom is 0.265 e. The molecule has 0 unspecified atom stereocenters. The van der Waals surface area contributed by atoms with E-state index in [1.165, 1.54) is 6.07 Å². The number of nitriles is 1. The molecule has 1 aromatic heterocycles. The average Bonchev–Trinajstić information content (AvgIpc) is 2.08. The van der Waals surface area contributed by atoms with Crippen molar-refractivity contribution < 1.29 is 13.2 Å². The van der Waals surface area contributed by atoms with Gasteiger partial charge in [0.25, 0.3) is 6.43 Å². The number of rotatable bonds is 1. The minimum absolute atomic E-state index is 0.161.